The Morgan fingerprint density at radius 2 is 2.24 bits per heavy atom. The first-order valence-corrected chi connectivity index (χ1v) is 4.45. The maximum atomic E-state index is 12.2. The third-order valence-corrected chi connectivity index (χ3v) is 2.01. The van der Waals surface area contributed by atoms with Gasteiger partial charge in [0.15, 0.2) is 5.75 Å². The van der Waals surface area contributed by atoms with E-state index in [1.807, 2.05) is 0 Å². The molecule has 0 aliphatic carbocycles. The Morgan fingerprint density at radius 3 is 2.65 bits per heavy atom. The third-order valence-electron chi connectivity index (χ3n) is 2.01. The summed E-state index contributed by atoms with van der Waals surface area (Å²) in [5, 5.41) is 17.6. The van der Waals surface area contributed by atoms with Crippen LogP contribution in [0.15, 0.2) is 12.1 Å². The second-order valence-electron chi connectivity index (χ2n) is 2.98. The minimum absolute atomic E-state index is 0.0810. The molecule has 1 aromatic carbocycles. The molecule has 5 nitrogen and oxygen atoms in total. The molecule has 0 bridgehead atoms. The van der Waals surface area contributed by atoms with Crippen LogP contribution >= 0.6 is 0 Å². The van der Waals surface area contributed by atoms with Gasteiger partial charge in [0.2, 0.25) is 0 Å². The van der Waals surface area contributed by atoms with Gasteiger partial charge in [-0.2, -0.15) is 14.0 Å². The average molecular weight is 242 g/mol. The Hall–Kier alpha value is -2.20. The summed E-state index contributed by atoms with van der Waals surface area (Å²) < 4.78 is 28.4. The van der Waals surface area contributed by atoms with E-state index in [1.54, 1.807) is 6.07 Å². The molecule has 0 atom stereocenters. The zero-order valence-corrected chi connectivity index (χ0v) is 8.48. The lowest BCUT2D eigenvalue weighted by Gasteiger charge is -2.12. The van der Waals surface area contributed by atoms with Gasteiger partial charge in [0.05, 0.1) is 5.56 Å². The van der Waals surface area contributed by atoms with Crippen molar-refractivity contribution >= 4 is 5.97 Å². The van der Waals surface area contributed by atoms with Gasteiger partial charge < -0.3 is 15.6 Å². The van der Waals surface area contributed by atoms with Crippen LogP contribution in [-0.4, -0.2) is 17.7 Å². The molecule has 0 heterocycles. The fourth-order valence-electron chi connectivity index (χ4n) is 1.30. The normalized spacial score (nSPS) is 10.1. The molecular weight excluding hydrogens is 234 g/mol. The summed E-state index contributed by atoms with van der Waals surface area (Å²) in [5.41, 5.74) is 4.77. The van der Waals surface area contributed by atoms with Crippen LogP contribution in [-0.2, 0) is 6.54 Å². The Bertz CT molecular complexity index is 483. The predicted molar refractivity (Wildman–Crippen MR) is 52.6 cm³/mol. The summed E-state index contributed by atoms with van der Waals surface area (Å²) in [6.45, 7) is -3.30. The van der Waals surface area contributed by atoms with E-state index in [9.17, 15) is 13.6 Å². The molecular formula is C10H8F2N2O3. The molecule has 7 heteroatoms. The number of benzene rings is 1. The molecule has 0 saturated carbocycles. The maximum Gasteiger partial charge on any atom is 0.387 e. The number of nitrogens with two attached hydrogens (primary N) is 1. The second-order valence-corrected chi connectivity index (χ2v) is 2.98. The van der Waals surface area contributed by atoms with E-state index >= 15 is 0 Å². The van der Waals surface area contributed by atoms with Crippen molar-refractivity contribution in [1.29, 1.82) is 5.26 Å². The van der Waals surface area contributed by atoms with Crippen molar-refractivity contribution in [2.24, 2.45) is 5.73 Å². The molecule has 0 fully saturated rings. The summed E-state index contributed by atoms with van der Waals surface area (Å²) in [6.07, 6.45) is 0. The molecule has 3 N–H and O–H groups in total. The molecule has 17 heavy (non-hydrogen) atoms. The van der Waals surface area contributed by atoms with Gasteiger partial charge in [0.1, 0.15) is 11.6 Å². The number of hydrogen-bond acceptors (Lipinski definition) is 4. The minimum Gasteiger partial charge on any atom is -0.478 e. The van der Waals surface area contributed by atoms with Gasteiger partial charge in [-0.1, -0.05) is 6.07 Å². The van der Waals surface area contributed by atoms with Crippen molar-refractivity contribution in [3.63, 3.8) is 0 Å². The molecule has 0 aliphatic heterocycles. The standard InChI is InChI=1S/C10H8F2N2O3/c11-10(12)17-8-6(9(15)16)2-1-5(3-13)7(8)4-14/h1-2,10H,3,13H2,(H,15,16). The Kier molecular flexibility index (Phi) is 3.96. The number of rotatable bonds is 4. The van der Waals surface area contributed by atoms with Crippen LogP contribution in [0.3, 0.4) is 0 Å². The van der Waals surface area contributed by atoms with Crippen LogP contribution < -0.4 is 10.5 Å². The molecule has 1 rings (SSSR count). The lowest BCUT2D eigenvalue weighted by molar-refractivity contribution is -0.0505. The molecule has 0 radical (unpaired) electrons. The van der Waals surface area contributed by atoms with Crippen molar-refractivity contribution < 1.29 is 23.4 Å². The number of carboxylic acids is 1. The fraction of sp³-hybridized carbons (Fsp3) is 0.200. The van der Waals surface area contributed by atoms with Gasteiger partial charge >= 0.3 is 12.6 Å². The lowest BCUT2D eigenvalue weighted by Crippen LogP contribution is -2.12. The number of carbonyl (C=O) groups is 1. The maximum absolute atomic E-state index is 12.2. The zero-order chi connectivity index (χ0) is 13.0. The number of nitrogens with zero attached hydrogens (tertiary/aromatic N) is 1. The Balaban J connectivity index is 3.45. The van der Waals surface area contributed by atoms with Crippen LogP contribution in [0.2, 0.25) is 0 Å². The van der Waals surface area contributed by atoms with E-state index in [-0.39, 0.29) is 17.7 Å². The molecule has 0 unspecified atom stereocenters. The topological polar surface area (TPSA) is 96.3 Å². The monoisotopic (exact) mass is 242 g/mol. The Morgan fingerprint density at radius 1 is 1.59 bits per heavy atom. The van der Waals surface area contributed by atoms with Crippen LogP contribution in [0.5, 0.6) is 5.75 Å². The van der Waals surface area contributed by atoms with E-state index < -0.39 is 23.9 Å². The van der Waals surface area contributed by atoms with Crippen LogP contribution in [0.25, 0.3) is 0 Å². The minimum atomic E-state index is -3.21. The van der Waals surface area contributed by atoms with Gasteiger partial charge in [-0.05, 0) is 11.6 Å². The highest BCUT2D eigenvalue weighted by Gasteiger charge is 2.21. The first-order chi connectivity index (χ1) is 8.01. The lowest BCUT2D eigenvalue weighted by atomic mass is 10.0. The number of aromatic carboxylic acids is 1. The molecule has 1 aromatic rings. The van der Waals surface area contributed by atoms with E-state index in [1.165, 1.54) is 6.07 Å². The largest absolute Gasteiger partial charge is 0.478 e. The highest BCUT2D eigenvalue weighted by molar-refractivity contribution is 5.92. The summed E-state index contributed by atoms with van der Waals surface area (Å²) in [7, 11) is 0. The second kappa shape index (κ2) is 5.23. The van der Waals surface area contributed by atoms with Crippen LogP contribution in [0, 0.1) is 11.3 Å². The summed E-state index contributed by atoms with van der Waals surface area (Å²) in [5.74, 6) is -2.11. The third kappa shape index (κ3) is 2.68. The van der Waals surface area contributed by atoms with Crippen molar-refractivity contribution in [2.45, 2.75) is 13.2 Å². The fourth-order valence-corrected chi connectivity index (χ4v) is 1.30. The number of carboxylic acid groups (broad SMARTS) is 1. The van der Waals surface area contributed by atoms with Gasteiger partial charge in [-0.15, -0.1) is 0 Å². The first kappa shape index (κ1) is 12.9. The van der Waals surface area contributed by atoms with Crippen molar-refractivity contribution in [3.05, 3.63) is 28.8 Å². The van der Waals surface area contributed by atoms with Gasteiger partial charge in [-0.25, -0.2) is 4.79 Å². The van der Waals surface area contributed by atoms with Crippen molar-refractivity contribution in [2.75, 3.05) is 0 Å². The number of alkyl halides is 2. The van der Waals surface area contributed by atoms with E-state index in [2.05, 4.69) is 4.74 Å². The molecule has 0 saturated heterocycles. The number of nitriles is 1. The number of halogens is 2. The number of ether oxygens (including phenoxy) is 1. The Labute approximate surface area is 95.0 Å². The highest BCUT2D eigenvalue weighted by atomic mass is 19.3. The predicted octanol–water partition coefficient (Wildman–Crippen LogP) is 1.32. The summed E-state index contributed by atoms with van der Waals surface area (Å²) in [4.78, 5) is 10.8. The summed E-state index contributed by atoms with van der Waals surface area (Å²) in [6, 6.07) is 3.98. The SMILES string of the molecule is N#Cc1c(CN)ccc(C(=O)O)c1OC(F)F. The molecule has 90 valence electrons. The highest BCUT2D eigenvalue weighted by Crippen LogP contribution is 2.28. The summed E-state index contributed by atoms with van der Waals surface area (Å²) >= 11 is 0. The molecule has 0 spiro atoms. The molecule has 0 amide bonds. The van der Waals surface area contributed by atoms with E-state index in [0.29, 0.717) is 0 Å². The molecule has 0 aliphatic rings. The first-order valence-electron chi connectivity index (χ1n) is 4.45. The van der Waals surface area contributed by atoms with Gasteiger partial charge in [0.25, 0.3) is 0 Å². The van der Waals surface area contributed by atoms with Crippen molar-refractivity contribution in [3.8, 4) is 11.8 Å². The van der Waals surface area contributed by atoms with Crippen LogP contribution in [0.1, 0.15) is 21.5 Å². The van der Waals surface area contributed by atoms with Gasteiger partial charge in [-0.3, -0.25) is 0 Å². The van der Waals surface area contributed by atoms with E-state index in [0.717, 1.165) is 6.07 Å². The smallest absolute Gasteiger partial charge is 0.387 e. The van der Waals surface area contributed by atoms with E-state index in [4.69, 9.17) is 16.1 Å². The quantitative estimate of drug-likeness (QED) is 0.829. The average Bonchev–Trinajstić information content (AvgIpc) is 2.27. The van der Waals surface area contributed by atoms with Gasteiger partial charge in [0, 0.05) is 6.54 Å². The zero-order valence-electron chi connectivity index (χ0n) is 8.48. The van der Waals surface area contributed by atoms with Crippen molar-refractivity contribution in [1.82, 2.24) is 0 Å². The molecule has 0 aromatic heterocycles. The van der Waals surface area contributed by atoms with Crippen LogP contribution in [0.4, 0.5) is 8.78 Å². The number of hydrogen-bond donors (Lipinski definition) is 2.